The molecule has 7 heteroatoms. The smallest absolute Gasteiger partial charge is 0.326 e. The van der Waals surface area contributed by atoms with E-state index in [2.05, 4.69) is 4.90 Å². The Labute approximate surface area is 204 Å². The van der Waals surface area contributed by atoms with Crippen LogP contribution in [0.5, 0.6) is 0 Å². The van der Waals surface area contributed by atoms with E-state index in [1.165, 1.54) is 31.0 Å². The van der Waals surface area contributed by atoms with Crippen molar-refractivity contribution in [3.05, 3.63) is 81.1 Å². The first kappa shape index (κ1) is 25.0. The number of pyridine rings is 1. The third-order valence-corrected chi connectivity index (χ3v) is 7.00. The highest BCUT2D eigenvalue weighted by atomic mass is 19.2. The van der Waals surface area contributed by atoms with Gasteiger partial charge in [-0.3, -0.25) is 4.79 Å². The molecule has 2 heterocycles. The Hall–Kier alpha value is -3.06. The monoisotopic (exact) mass is 482 g/mol. The summed E-state index contributed by atoms with van der Waals surface area (Å²) >= 11 is 0. The first-order valence-electron chi connectivity index (χ1n) is 12.4. The molecule has 186 valence electrons. The third kappa shape index (κ3) is 5.61. The van der Waals surface area contributed by atoms with Crippen molar-refractivity contribution in [2.45, 2.75) is 57.9 Å². The fourth-order valence-electron chi connectivity index (χ4n) is 5.14. The molecule has 0 spiro atoms. The van der Waals surface area contributed by atoms with Gasteiger partial charge in [0.2, 0.25) is 0 Å². The summed E-state index contributed by atoms with van der Waals surface area (Å²) in [4.78, 5) is 27.6. The van der Waals surface area contributed by atoms with Crippen LogP contribution in [0.25, 0.3) is 10.9 Å². The van der Waals surface area contributed by atoms with Gasteiger partial charge in [-0.15, -0.1) is 0 Å². The lowest BCUT2D eigenvalue weighted by Crippen LogP contribution is -2.25. The summed E-state index contributed by atoms with van der Waals surface area (Å²) in [7, 11) is 0. The number of nitrogens with zero attached hydrogens (tertiary/aromatic N) is 2. The van der Waals surface area contributed by atoms with E-state index in [9.17, 15) is 23.5 Å². The summed E-state index contributed by atoms with van der Waals surface area (Å²) in [6.45, 7) is 5.10. The van der Waals surface area contributed by atoms with Gasteiger partial charge < -0.3 is 14.6 Å². The topological polar surface area (TPSA) is 62.5 Å². The molecular weight excluding hydrogens is 450 g/mol. The number of benzene rings is 2. The number of carbonyl (C=O) groups is 1. The van der Waals surface area contributed by atoms with Gasteiger partial charge in [0, 0.05) is 17.1 Å². The number of carboxylic acids is 1. The van der Waals surface area contributed by atoms with Crippen molar-refractivity contribution < 1.29 is 18.7 Å². The molecule has 35 heavy (non-hydrogen) atoms. The van der Waals surface area contributed by atoms with Gasteiger partial charge in [-0.25, -0.2) is 13.6 Å². The lowest BCUT2D eigenvalue weighted by molar-refractivity contribution is -0.140. The van der Waals surface area contributed by atoms with E-state index < -0.39 is 23.6 Å². The molecule has 0 aliphatic carbocycles. The second-order valence-electron chi connectivity index (χ2n) is 9.35. The zero-order valence-electron chi connectivity index (χ0n) is 20.1. The van der Waals surface area contributed by atoms with E-state index in [0.29, 0.717) is 23.0 Å². The van der Waals surface area contributed by atoms with Gasteiger partial charge in [-0.05, 0) is 93.9 Å². The number of hydrogen-bond donors (Lipinski definition) is 1. The Balaban J connectivity index is 1.70. The predicted octanol–water partition coefficient (Wildman–Crippen LogP) is 5.13. The quantitative estimate of drug-likeness (QED) is 0.435. The van der Waals surface area contributed by atoms with Gasteiger partial charge in [0.25, 0.3) is 0 Å². The number of rotatable bonds is 10. The Morgan fingerprint density at radius 1 is 1.06 bits per heavy atom. The molecule has 5 nitrogen and oxygen atoms in total. The average Bonchev–Trinajstić information content (AvgIpc) is 3.35. The molecule has 0 amide bonds. The Morgan fingerprint density at radius 2 is 1.83 bits per heavy atom. The van der Waals surface area contributed by atoms with E-state index in [-0.39, 0.29) is 23.8 Å². The summed E-state index contributed by atoms with van der Waals surface area (Å²) < 4.78 is 29.6. The molecule has 4 rings (SSSR count). The minimum absolute atomic E-state index is 0.153. The van der Waals surface area contributed by atoms with Crippen LogP contribution >= 0.6 is 0 Å². The molecule has 0 bridgehead atoms. The first-order chi connectivity index (χ1) is 16.9. The molecule has 0 saturated carbocycles. The molecule has 1 aromatic heterocycles. The normalized spacial score (nSPS) is 15.1. The van der Waals surface area contributed by atoms with Crippen LogP contribution in [0.4, 0.5) is 8.78 Å². The molecule has 0 radical (unpaired) electrons. The molecule has 1 unspecified atom stereocenters. The van der Waals surface area contributed by atoms with E-state index >= 15 is 0 Å². The molecule has 2 aromatic carbocycles. The molecule has 1 fully saturated rings. The number of aliphatic carboxylic acids is 1. The minimum Gasteiger partial charge on any atom is -0.480 e. The summed E-state index contributed by atoms with van der Waals surface area (Å²) in [5.74, 6) is -2.82. The van der Waals surface area contributed by atoms with E-state index in [1.54, 1.807) is 17.6 Å². The fourth-order valence-corrected chi connectivity index (χ4v) is 5.14. The van der Waals surface area contributed by atoms with Crippen molar-refractivity contribution in [3.63, 3.8) is 0 Å². The fraction of sp³-hybridized carbons (Fsp3) is 0.429. The summed E-state index contributed by atoms with van der Waals surface area (Å²) in [6, 6.07) is 10.2. The molecule has 1 atom stereocenters. The lowest BCUT2D eigenvalue weighted by Gasteiger charge is -2.23. The van der Waals surface area contributed by atoms with Crippen LogP contribution in [0.15, 0.2) is 47.3 Å². The maximum atomic E-state index is 14.2. The number of aryl methyl sites for hydroxylation is 3. The summed E-state index contributed by atoms with van der Waals surface area (Å²) in [6.07, 6.45) is 5.02. The number of halogens is 2. The van der Waals surface area contributed by atoms with Gasteiger partial charge in [0.05, 0.1) is 5.52 Å². The van der Waals surface area contributed by atoms with E-state index in [4.69, 9.17) is 0 Å². The van der Waals surface area contributed by atoms with Crippen LogP contribution in [0.2, 0.25) is 0 Å². The van der Waals surface area contributed by atoms with E-state index in [0.717, 1.165) is 44.1 Å². The maximum absolute atomic E-state index is 14.2. The van der Waals surface area contributed by atoms with Crippen LogP contribution in [0.1, 0.15) is 55.5 Å². The highest BCUT2D eigenvalue weighted by Gasteiger charge is 2.23. The SMILES string of the molecule is CCC(C(=O)O)n1c(CCc2cccc(F)c2F)cc(=O)c2ccc(CCCN3CCCC3)cc21. The highest BCUT2D eigenvalue weighted by molar-refractivity contribution is 5.83. The highest BCUT2D eigenvalue weighted by Crippen LogP contribution is 2.25. The number of aromatic nitrogens is 1. The maximum Gasteiger partial charge on any atom is 0.326 e. The number of likely N-dealkylation sites (tertiary alicyclic amines) is 1. The molecule has 1 aliphatic heterocycles. The molecule has 1 saturated heterocycles. The van der Waals surface area contributed by atoms with Gasteiger partial charge >= 0.3 is 5.97 Å². The standard InChI is InChI=1S/C28H32F2N2O3/c1-2-24(28(34)35)32-21(12-11-20-8-5-9-23(29)27(20)30)18-26(33)22-13-10-19(17-25(22)32)7-6-16-31-14-3-4-15-31/h5,8-10,13,17-18,24H,2-4,6-7,11-12,14-16H2,1H3,(H,34,35). The zero-order valence-corrected chi connectivity index (χ0v) is 20.1. The lowest BCUT2D eigenvalue weighted by atomic mass is 10.0. The Morgan fingerprint density at radius 3 is 2.54 bits per heavy atom. The number of hydrogen-bond acceptors (Lipinski definition) is 3. The summed E-state index contributed by atoms with van der Waals surface area (Å²) in [5.41, 5.74) is 2.14. The van der Waals surface area contributed by atoms with Crippen molar-refractivity contribution >= 4 is 16.9 Å². The van der Waals surface area contributed by atoms with Crippen molar-refractivity contribution in [2.75, 3.05) is 19.6 Å². The minimum atomic E-state index is -0.991. The van der Waals surface area contributed by atoms with Crippen LogP contribution in [0, 0.1) is 11.6 Å². The summed E-state index contributed by atoms with van der Waals surface area (Å²) in [5, 5.41) is 10.4. The number of carboxylic acid groups (broad SMARTS) is 1. The van der Waals surface area contributed by atoms with Crippen molar-refractivity contribution in [1.29, 1.82) is 0 Å². The number of fused-ring (bicyclic) bond motifs is 1. The molecular formula is C28H32F2N2O3. The second kappa shape index (κ2) is 11.1. The molecule has 1 aliphatic rings. The van der Waals surface area contributed by atoms with Crippen molar-refractivity contribution in [1.82, 2.24) is 9.47 Å². The van der Waals surface area contributed by atoms with E-state index in [1.807, 2.05) is 12.1 Å². The average molecular weight is 483 g/mol. The van der Waals surface area contributed by atoms with Crippen LogP contribution in [-0.4, -0.2) is 40.2 Å². The van der Waals surface area contributed by atoms with Gasteiger partial charge in [0.15, 0.2) is 17.1 Å². The van der Waals surface area contributed by atoms with Gasteiger partial charge in [0.1, 0.15) is 6.04 Å². The largest absolute Gasteiger partial charge is 0.480 e. The van der Waals surface area contributed by atoms with Crippen LogP contribution < -0.4 is 5.43 Å². The van der Waals surface area contributed by atoms with Crippen molar-refractivity contribution in [3.8, 4) is 0 Å². The van der Waals surface area contributed by atoms with Gasteiger partial charge in [-0.1, -0.05) is 25.1 Å². The van der Waals surface area contributed by atoms with Crippen LogP contribution in [0.3, 0.4) is 0 Å². The molecule has 1 N–H and O–H groups in total. The zero-order chi connectivity index (χ0) is 24.9. The van der Waals surface area contributed by atoms with Crippen LogP contribution in [-0.2, 0) is 24.1 Å². The Bertz CT molecular complexity index is 1270. The second-order valence-corrected chi connectivity index (χ2v) is 9.35. The third-order valence-electron chi connectivity index (χ3n) is 7.00. The van der Waals surface area contributed by atoms with Crippen molar-refractivity contribution in [2.24, 2.45) is 0 Å². The Kier molecular flexibility index (Phi) is 7.96. The van der Waals surface area contributed by atoms with Gasteiger partial charge in [-0.2, -0.15) is 0 Å². The predicted molar refractivity (Wildman–Crippen MR) is 133 cm³/mol. The first-order valence-corrected chi connectivity index (χ1v) is 12.4. The molecule has 3 aromatic rings.